The Morgan fingerprint density at radius 2 is 1.58 bits per heavy atom. The fourth-order valence-electron chi connectivity index (χ4n) is 2.78. The van der Waals surface area contributed by atoms with E-state index in [1.54, 1.807) is 5.19 Å². The summed E-state index contributed by atoms with van der Waals surface area (Å²) < 4.78 is 5.78. The van der Waals surface area contributed by atoms with Gasteiger partial charge in [0.15, 0.2) is 0 Å². The Hall–Kier alpha value is -0.643. The molecule has 1 aromatic rings. The second-order valence-corrected chi connectivity index (χ2v) is 12.0. The SMILES string of the molecule is CC1CN(Cc2ccc([Si](C)(C)C)cc2)CC(C)O1. The van der Waals surface area contributed by atoms with Gasteiger partial charge in [0, 0.05) is 19.6 Å². The fraction of sp³-hybridized carbons (Fsp3) is 0.625. The maximum atomic E-state index is 5.78. The smallest absolute Gasteiger partial charge is 0.0775 e. The van der Waals surface area contributed by atoms with Crippen molar-refractivity contribution in [3.63, 3.8) is 0 Å². The van der Waals surface area contributed by atoms with Gasteiger partial charge in [0.05, 0.1) is 20.3 Å². The third-order valence-electron chi connectivity index (χ3n) is 3.72. The standard InChI is InChI=1S/C16H27NOSi/c1-13-10-17(11-14(2)18-13)12-15-6-8-16(9-7-15)19(3,4)5/h6-9,13-14H,10-12H2,1-5H3. The zero-order valence-electron chi connectivity index (χ0n) is 12.9. The van der Waals surface area contributed by atoms with Crippen molar-refractivity contribution < 1.29 is 4.74 Å². The first-order valence-corrected chi connectivity index (χ1v) is 10.8. The van der Waals surface area contributed by atoms with Crippen LogP contribution in [0.15, 0.2) is 24.3 Å². The molecule has 2 atom stereocenters. The van der Waals surface area contributed by atoms with Gasteiger partial charge < -0.3 is 4.74 Å². The van der Waals surface area contributed by atoms with Crippen LogP contribution < -0.4 is 5.19 Å². The first-order valence-electron chi connectivity index (χ1n) is 7.32. The molecule has 0 spiro atoms. The highest BCUT2D eigenvalue weighted by molar-refractivity contribution is 6.88. The number of hydrogen-bond donors (Lipinski definition) is 0. The number of hydrogen-bond acceptors (Lipinski definition) is 2. The second-order valence-electron chi connectivity index (χ2n) is 6.90. The van der Waals surface area contributed by atoms with Gasteiger partial charge in [-0.15, -0.1) is 0 Å². The largest absolute Gasteiger partial charge is 0.373 e. The Labute approximate surface area is 118 Å². The molecule has 0 aliphatic carbocycles. The highest BCUT2D eigenvalue weighted by Gasteiger charge is 2.22. The molecule has 1 aliphatic rings. The Bertz CT molecular complexity index is 400. The molecule has 0 aromatic heterocycles. The van der Waals surface area contributed by atoms with Crippen LogP contribution in [0.2, 0.25) is 19.6 Å². The molecule has 0 N–H and O–H groups in total. The van der Waals surface area contributed by atoms with Crippen molar-refractivity contribution in [3.8, 4) is 0 Å². The van der Waals surface area contributed by atoms with Gasteiger partial charge in [-0.3, -0.25) is 4.90 Å². The van der Waals surface area contributed by atoms with Crippen LogP contribution in [0.4, 0.5) is 0 Å². The number of benzene rings is 1. The molecule has 0 amide bonds. The molecule has 1 saturated heterocycles. The van der Waals surface area contributed by atoms with Crippen LogP contribution in [0, 0.1) is 0 Å². The maximum absolute atomic E-state index is 5.78. The van der Waals surface area contributed by atoms with E-state index in [2.05, 4.69) is 62.7 Å². The Morgan fingerprint density at radius 1 is 1.05 bits per heavy atom. The quantitative estimate of drug-likeness (QED) is 0.788. The van der Waals surface area contributed by atoms with Crippen molar-refractivity contribution in [2.75, 3.05) is 13.1 Å². The van der Waals surface area contributed by atoms with E-state index in [4.69, 9.17) is 4.74 Å². The Balaban J connectivity index is 1.99. The van der Waals surface area contributed by atoms with Crippen molar-refractivity contribution in [1.29, 1.82) is 0 Å². The third-order valence-corrected chi connectivity index (χ3v) is 5.79. The summed E-state index contributed by atoms with van der Waals surface area (Å²) in [4.78, 5) is 2.50. The van der Waals surface area contributed by atoms with E-state index in [1.807, 2.05) is 0 Å². The molecule has 19 heavy (non-hydrogen) atoms. The minimum atomic E-state index is -1.16. The summed E-state index contributed by atoms with van der Waals surface area (Å²) in [6, 6.07) is 9.26. The average Bonchev–Trinajstić information content (AvgIpc) is 2.26. The lowest BCUT2D eigenvalue weighted by Crippen LogP contribution is -2.44. The van der Waals surface area contributed by atoms with Crippen molar-refractivity contribution in [2.24, 2.45) is 0 Å². The molecule has 1 aliphatic heterocycles. The first-order chi connectivity index (χ1) is 8.84. The van der Waals surface area contributed by atoms with Gasteiger partial charge >= 0.3 is 0 Å². The molecule has 0 saturated carbocycles. The normalized spacial score (nSPS) is 25.5. The summed E-state index contributed by atoms with van der Waals surface area (Å²) in [7, 11) is -1.16. The van der Waals surface area contributed by atoms with E-state index in [0.717, 1.165) is 19.6 Å². The van der Waals surface area contributed by atoms with Gasteiger partial charge in [-0.25, -0.2) is 0 Å². The predicted molar refractivity (Wildman–Crippen MR) is 84.7 cm³/mol. The van der Waals surface area contributed by atoms with E-state index < -0.39 is 8.07 Å². The minimum absolute atomic E-state index is 0.352. The molecule has 1 aromatic carbocycles. The lowest BCUT2D eigenvalue weighted by atomic mass is 10.1. The highest BCUT2D eigenvalue weighted by Crippen LogP contribution is 2.14. The average molecular weight is 277 g/mol. The second kappa shape index (κ2) is 5.78. The van der Waals surface area contributed by atoms with E-state index in [9.17, 15) is 0 Å². The molecular weight excluding hydrogens is 250 g/mol. The summed E-state index contributed by atoms with van der Waals surface area (Å²) >= 11 is 0. The fourth-order valence-corrected chi connectivity index (χ4v) is 3.95. The van der Waals surface area contributed by atoms with Crippen molar-refractivity contribution >= 4 is 13.3 Å². The van der Waals surface area contributed by atoms with Gasteiger partial charge in [-0.2, -0.15) is 0 Å². The van der Waals surface area contributed by atoms with Crippen molar-refractivity contribution in [1.82, 2.24) is 4.90 Å². The van der Waals surface area contributed by atoms with E-state index in [1.165, 1.54) is 5.56 Å². The molecule has 2 rings (SSSR count). The van der Waals surface area contributed by atoms with Gasteiger partial charge in [0.2, 0.25) is 0 Å². The molecular formula is C16H27NOSi. The molecule has 1 fully saturated rings. The summed E-state index contributed by atoms with van der Waals surface area (Å²) in [5.41, 5.74) is 1.42. The number of ether oxygens (including phenoxy) is 1. The van der Waals surface area contributed by atoms with Crippen LogP contribution in [0.5, 0.6) is 0 Å². The molecule has 106 valence electrons. The van der Waals surface area contributed by atoms with E-state index in [-0.39, 0.29) is 0 Å². The Morgan fingerprint density at radius 3 is 2.05 bits per heavy atom. The van der Waals surface area contributed by atoms with Gasteiger partial charge in [-0.1, -0.05) is 49.1 Å². The van der Waals surface area contributed by atoms with Crippen molar-refractivity contribution in [2.45, 2.75) is 52.2 Å². The summed E-state index contributed by atoms with van der Waals surface area (Å²) in [5, 5.41) is 1.54. The summed E-state index contributed by atoms with van der Waals surface area (Å²) in [6.07, 6.45) is 0.704. The summed E-state index contributed by atoms with van der Waals surface area (Å²) in [5.74, 6) is 0. The van der Waals surface area contributed by atoms with Crippen LogP contribution in [0.25, 0.3) is 0 Å². The zero-order valence-corrected chi connectivity index (χ0v) is 13.9. The van der Waals surface area contributed by atoms with Gasteiger partial charge in [0.1, 0.15) is 0 Å². The lowest BCUT2D eigenvalue weighted by Gasteiger charge is -2.35. The van der Waals surface area contributed by atoms with Crippen LogP contribution in [0.3, 0.4) is 0 Å². The van der Waals surface area contributed by atoms with Gasteiger partial charge in [-0.05, 0) is 19.4 Å². The predicted octanol–water partition coefficient (Wildman–Crippen LogP) is 2.84. The maximum Gasteiger partial charge on any atom is 0.0775 e. The van der Waals surface area contributed by atoms with Crippen LogP contribution >= 0.6 is 0 Å². The first kappa shape index (κ1) is 14.8. The zero-order chi connectivity index (χ0) is 14.0. The van der Waals surface area contributed by atoms with E-state index >= 15 is 0 Å². The monoisotopic (exact) mass is 277 g/mol. The third kappa shape index (κ3) is 4.16. The topological polar surface area (TPSA) is 12.5 Å². The lowest BCUT2D eigenvalue weighted by molar-refractivity contribution is -0.0704. The molecule has 0 bridgehead atoms. The summed E-state index contributed by atoms with van der Waals surface area (Å²) in [6.45, 7) is 14.6. The molecule has 1 heterocycles. The molecule has 3 heteroatoms. The van der Waals surface area contributed by atoms with Crippen LogP contribution in [-0.4, -0.2) is 38.3 Å². The number of morpholine rings is 1. The highest BCUT2D eigenvalue weighted by atomic mass is 28.3. The van der Waals surface area contributed by atoms with E-state index in [0.29, 0.717) is 12.2 Å². The molecule has 2 unspecified atom stereocenters. The van der Waals surface area contributed by atoms with Crippen LogP contribution in [0.1, 0.15) is 19.4 Å². The molecule has 2 nitrogen and oxygen atoms in total. The van der Waals surface area contributed by atoms with Gasteiger partial charge in [0.25, 0.3) is 0 Å². The molecule has 0 radical (unpaired) electrons. The number of nitrogens with zero attached hydrogens (tertiary/aromatic N) is 1. The number of rotatable bonds is 3. The minimum Gasteiger partial charge on any atom is -0.373 e. The van der Waals surface area contributed by atoms with Crippen LogP contribution in [-0.2, 0) is 11.3 Å². The Kier molecular flexibility index (Phi) is 4.49. The van der Waals surface area contributed by atoms with Crippen molar-refractivity contribution in [3.05, 3.63) is 29.8 Å².